The summed E-state index contributed by atoms with van der Waals surface area (Å²) >= 11 is 0. The topological polar surface area (TPSA) is 73.1 Å². The van der Waals surface area contributed by atoms with E-state index in [1.807, 2.05) is 20.8 Å². The number of rotatable bonds is 5. The minimum Gasteiger partial charge on any atom is -0.473 e. The monoisotopic (exact) mass is 222 g/mol. The van der Waals surface area contributed by atoms with E-state index in [9.17, 15) is 0 Å². The molecule has 1 atom stereocenters. The van der Waals surface area contributed by atoms with E-state index >= 15 is 0 Å². The highest BCUT2D eigenvalue weighted by atomic mass is 16.5. The van der Waals surface area contributed by atoms with Crippen LogP contribution >= 0.6 is 0 Å². The van der Waals surface area contributed by atoms with E-state index in [0.29, 0.717) is 17.4 Å². The molecule has 0 aliphatic heterocycles. The molecule has 88 valence electrons. The summed E-state index contributed by atoms with van der Waals surface area (Å²) in [6.45, 7) is 9.47. The maximum atomic E-state index is 5.89. The SMILES string of the molecule is C=CC(C)Nc1ncnc(OC(C)C)c1N. The third-order valence-corrected chi connectivity index (χ3v) is 1.91. The van der Waals surface area contributed by atoms with Gasteiger partial charge in [-0.2, -0.15) is 4.98 Å². The normalized spacial score (nSPS) is 12.2. The van der Waals surface area contributed by atoms with Crippen LogP contribution in [0.1, 0.15) is 20.8 Å². The minimum atomic E-state index is 0.0295. The van der Waals surface area contributed by atoms with Gasteiger partial charge in [0.05, 0.1) is 6.10 Å². The summed E-state index contributed by atoms with van der Waals surface area (Å²) in [6.07, 6.45) is 3.22. The predicted molar refractivity (Wildman–Crippen MR) is 65.5 cm³/mol. The van der Waals surface area contributed by atoms with Crippen molar-refractivity contribution in [2.75, 3.05) is 11.1 Å². The summed E-state index contributed by atoms with van der Waals surface area (Å²) in [7, 11) is 0. The number of nitrogen functional groups attached to an aromatic ring is 1. The molecule has 0 aliphatic carbocycles. The largest absolute Gasteiger partial charge is 0.473 e. The molecule has 1 heterocycles. The molecular formula is C11H18N4O. The Kier molecular flexibility index (Phi) is 4.10. The van der Waals surface area contributed by atoms with Crippen LogP contribution in [0.5, 0.6) is 5.88 Å². The Hall–Kier alpha value is -1.78. The molecule has 0 fully saturated rings. The Morgan fingerprint density at radius 2 is 2.12 bits per heavy atom. The summed E-state index contributed by atoms with van der Waals surface area (Å²) < 4.78 is 5.46. The molecule has 1 unspecified atom stereocenters. The van der Waals surface area contributed by atoms with Crippen LogP contribution in [0, 0.1) is 0 Å². The first-order chi connectivity index (χ1) is 7.54. The number of hydrogen-bond acceptors (Lipinski definition) is 5. The molecule has 0 saturated carbocycles. The lowest BCUT2D eigenvalue weighted by molar-refractivity contribution is 0.234. The Balaban J connectivity index is 2.90. The molecule has 0 amide bonds. The second kappa shape index (κ2) is 5.34. The number of hydrogen-bond donors (Lipinski definition) is 2. The van der Waals surface area contributed by atoms with Crippen LogP contribution < -0.4 is 15.8 Å². The van der Waals surface area contributed by atoms with Crippen molar-refractivity contribution in [1.29, 1.82) is 0 Å². The molecule has 5 nitrogen and oxygen atoms in total. The van der Waals surface area contributed by atoms with Gasteiger partial charge in [0.15, 0.2) is 5.82 Å². The smallest absolute Gasteiger partial charge is 0.242 e. The van der Waals surface area contributed by atoms with Crippen molar-refractivity contribution in [2.24, 2.45) is 0 Å². The molecule has 0 radical (unpaired) electrons. The predicted octanol–water partition coefficient (Wildman–Crippen LogP) is 1.83. The lowest BCUT2D eigenvalue weighted by Crippen LogP contribution is -2.16. The number of aromatic nitrogens is 2. The molecule has 3 N–H and O–H groups in total. The maximum absolute atomic E-state index is 5.89. The molecule has 5 heteroatoms. The van der Waals surface area contributed by atoms with Crippen molar-refractivity contribution in [1.82, 2.24) is 9.97 Å². The fraction of sp³-hybridized carbons (Fsp3) is 0.455. The standard InChI is InChI=1S/C11H18N4O/c1-5-8(4)15-10-9(12)11(14-6-13-10)16-7(2)3/h5-8H,1,12H2,2-4H3,(H,13,14,15). The Labute approximate surface area is 95.7 Å². The van der Waals surface area contributed by atoms with Crippen LogP contribution in [0.15, 0.2) is 19.0 Å². The van der Waals surface area contributed by atoms with E-state index in [4.69, 9.17) is 10.5 Å². The van der Waals surface area contributed by atoms with Gasteiger partial charge in [-0.25, -0.2) is 4.98 Å². The lowest BCUT2D eigenvalue weighted by atomic mass is 10.3. The van der Waals surface area contributed by atoms with Gasteiger partial charge in [-0.15, -0.1) is 6.58 Å². The van der Waals surface area contributed by atoms with E-state index in [1.165, 1.54) is 6.33 Å². The van der Waals surface area contributed by atoms with Gasteiger partial charge in [0, 0.05) is 6.04 Å². The number of nitrogens with zero attached hydrogens (tertiary/aromatic N) is 2. The zero-order valence-corrected chi connectivity index (χ0v) is 9.90. The van der Waals surface area contributed by atoms with Crippen LogP contribution in [0.4, 0.5) is 11.5 Å². The first kappa shape index (κ1) is 12.3. The first-order valence-corrected chi connectivity index (χ1v) is 5.20. The number of nitrogens with two attached hydrogens (primary N) is 1. The van der Waals surface area contributed by atoms with Crippen LogP contribution in [-0.2, 0) is 0 Å². The van der Waals surface area contributed by atoms with E-state index in [0.717, 1.165) is 0 Å². The second-order valence-electron chi connectivity index (χ2n) is 3.78. The third-order valence-electron chi connectivity index (χ3n) is 1.91. The van der Waals surface area contributed by atoms with Gasteiger partial charge < -0.3 is 15.8 Å². The minimum absolute atomic E-state index is 0.0295. The first-order valence-electron chi connectivity index (χ1n) is 5.20. The zero-order chi connectivity index (χ0) is 12.1. The van der Waals surface area contributed by atoms with Crippen molar-refractivity contribution < 1.29 is 4.74 Å². The third kappa shape index (κ3) is 3.12. The van der Waals surface area contributed by atoms with Crippen molar-refractivity contribution in [2.45, 2.75) is 32.9 Å². The van der Waals surface area contributed by atoms with Crippen molar-refractivity contribution in [3.8, 4) is 5.88 Å². The summed E-state index contributed by atoms with van der Waals surface area (Å²) in [5.41, 5.74) is 6.31. The summed E-state index contributed by atoms with van der Waals surface area (Å²) in [6, 6.07) is 0.0871. The van der Waals surface area contributed by atoms with Crippen LogP contribution in [0.25, 0.3) is 0 Å². The maximum Gasteiger partial charge on any atom is 0.242 e. The summed E-state index contributed by atoms with van der Waals surface area (Å²) in [5, 5.41) is 3.10. The van der Waals surface area contributed by atoms with Gasteiger partial charge in [-0.3, -0.25) is 0 Å². The van der Waals surface area contributed by atoms with Gasteiger partial charge in [-0.05, 0) is 20.8 Å². The van der Waals surface area contributed by atoms with Gasteiger partial charge >= 0.3 is 0 Å². The van der Waals surface area contributed by atoms with Crippen molar-refractivity contribution >= 4 is 11.5 Å². The fourth-order valence-corrected chi connectivity index (χ4v) is 1.09. The van der Waals surface area contributed by atoms with Gasteiger partial charge in [0.25, 0.3) is 0 Å². The molecule has 1 rings (SSSR count). The van der Waals surface area contributed by atoms with E-state index in [2.05, 4.69) is 21.9 Å². The number of ether oxygens (including phenoxy) is 1. The van der Waals surface area contributed by atoms with E-state index in [-0.39, 0.29) is 12.1 Å². The molecule has 0 aliphatic rings. The average Bonchev–Trinajstić information content (AvgIpc) is 2.23. The van der Waals surface area contributed by atoms with E-state index in [1.54, 1.807) is 6.08 Å². The van der Waals surface area contributed by atoms with Crippen molar-refractivity contribution in [3.63, 3.8) is 0 Å². The molecule has 16 heavy (non-hydrogen) atoms. The zero-order valence-electron chi connectivity index (χ0n) is 9.90. The van der Waals surface area contributed by atoms with Gasteiger partial charge in [-0.1, -0.05) is 6.08 Å². The lowest BCUT2D eigenvalue weighted by Gasteiger charge is -2.15. The highest BCUT2D eigenvalue weighted by Crippen LogP contribution is 2.25. The second-order valence-corrected chi connectivity index (χ2v) is 3.78. The highest BCUT2D eigenvalue weighted by molar-refractivity contribution is 5.66. The van der Waals surface area contributed by atoms with Crippen molar-refractivity contribution in [3.05, 3.63) is 19.0 Å². The molecular weight excluding hydrogens is 204 g/mol. The van der Waals surface area contributed by atoms with Gasteiger partial charge in [0.1, 0.15) is 12.0 Å². The van der Waals surface area contributed by atoms with Gasteiger partial charge in [0.2, 0.25) is 5.88 Å². The Bertz CT molecular complexity index is 365. The Morgan fingerprint density at radius 1 is 1.44 bits per heavy atom. The molecule has 0 aromatic carbocycles. The molecule has 1 aromatic rings. The molecule has 1 aromatic heterocycles. The molecule has 0 spiro atoms. The van der Waals surface area contributed by atoms with Crippen LogP contribution in [0.2, 0.25) is 0 Å². The highest BCUT2D eigenvalue weighted by Gasteiger charge is 2.11. The Morgan fingerprint density at radius 3 is 2.69 bits per heavy atom. The van der Waals surface area contributed by atoms with Crippen LogP contribution in [0.3, 0.4) is 0 Å². The fourth-order valence-electron chi connectivity index (χ4n) is 1.09. The summed E-state index contributed by atoms with van der Waals surface area (Å²) in [5.74, 6) is 0.974. The molecule has 0 saturated heterocycles. The number of anilines is 2. The molecule has 0 bridgehead atoms. The summed E-state index contributed by atoms with van der Waals surface area (Å²) in [4.78, 5) is 8.05. The quantitative estimate of drug-likeness (QED) is 0.743. The number of nitrogens with one attached hydrogen (secondary N) is 1. The van der Waals surface area contributed by atoms with Crippen LogP contribution in [-0.4, -0.2) is 22.1 Å². The average molecular weight is 222 g/mol. The van der Waals surface area contributed by atoms with E-state index < -0.39 is 0 Å².